The summed E-state index contributed by atoms with van der Waals surface area (Å²) in [4.78, 5) is 12.7. The third-order valence-electron chi connectivity index (χ3n) is 2.54. The van der Waals surface area contributed by atoms with E-state index in [2.05, 4.69) is 30.5 Å². The van der Waals surface area contributed by atoms with Gasteiger partial charge in [-0.05, 0) is 13.0 Å². The van der Waals surface area contributed by atoms with Gasteiger partial charge in [-0.15, -0.1) is 0 Å². The molecule has 0 aliphatic carbocycles. The van der Waals surface area contributed by atoms with E-state index < -0.39 is 0 Å². The SMILES string of the molecule is CCNc1nc(Oc2cnn(C)c2)nc(-n2cccn2)n1. The van der Waals surface area contributed by atoms with Gasteiger partial charge in [-0.2, -0.15) is 25.1 Å². The number of nitrogens with one attached hydrogen (secondary N) is 1. The van der Waals surface area contributed by atoms with E-state index >= 15 is 0 Å². The van der Waals surface area contributed by atoms with E-state index in [0.717, 1.165) is 0 Å². The molecule has 0 saturated carbocycles. The molecule has 0 aliphatic rings. The number of rotatable bonds is 5. The Morgan fingerprint density at radius 1 is 1.24 bits per heavy atom. The number of anilines is 1. The van der Waals surface area contributed by atoms with Crippen molar-refractivity contribution in [2.45, 2.75) is 6.92 Å². The minimum Gasteiger partial charge on any atom is -0.421 e. The van der Waals surface area contributed by atoms with Gasteiger partial charge < -0.3 is 10.1 Å². The average Bonchev–Trinajstić information content (AvgIpc) is 3.11. The maximum Gasteiger partial charge on any atom is 0.328 e. The average molecular weight is 286 g/mol. The van der Waals surface area contributed by atoms with Crippen LogP contribution in [0, 0.1) is 0 Å². The minimum absolute atomic E-state index is 0.180. The Morgan fingerprint density at radius 2 is 2.14 bits per heavy atom. The summed E-state index contributed by atoms with van der Waals surface area (Å²) in [6.45, 7) is 2.65. The van der Waals surface area contributed by atoms with Crippen LogP contribution in [0.3, 0.4) is 0 Å². The molecule has 0 fully saturated rings. The van der Waals surface area contributed by atoms with E-state index in [1.54, 1.807) is 47.3 Å². The maximum atomic E-state index is 5.60. The largest absolute Gasteiger partial charge is 0.421 e. The highest BCUT2D eigenvalue weighted by Gasteiger charge is 2.10. The number of nitrogens with zero attached hydrogens (tertiary/aromatic N) is 7. The topological polar surface area (TPSA) is 95.6 Å². The molecule has 0 spiro atoms. The molecule has 108 valence electrons. The standard InChI is InChI=1S/C12H14N8O/c1-3-13-10-16-11(20-6-4-5-14-20)18-12(17-10)21-9-7-15-19(2)8-9/h4-8H,3H2,1-2H3,(H,13,16,17,18). The Kier molecular flexibility index (Phi) is 3.46. The van der Waals surface area contributed by atoms with Gasteiger partial charge in [0.2, 0.25) is 5.95 Å². The van der Waals surface area contributed by atoms with Crippen molar-refractivity contribution in [1.82, 2.24) is 34.5 Å². The van der Waals surface area contributed by atoms with Crippen LogP contribution < -0.4 is 10.1 Å². The van der Waals surface area contributed by atoms with Gasteiger partial charge in [-0.1, -0.05) is 0 Å². The number of aromatic nitrogens is 7. The van der Waals surface area contributed by atoms with E-state index in [9.17, 15) is 0 Å². The lowest BCUT2D eigenvalue weighted by Gasteiger charge is -2.07. The summed E-state index contributed by atoms with van der Waals surface area (Å²) in [7, 11) is 1.81. The molecular formula is C12H14N8O. The van der Waals surface area contributed by atoms with E-state index in [4.69, 9.17) is 4.74 Å². The Bertz CT molecular complexity index is 721. The molecule has 0 aromatic carbocycles. The van der Waals surface area contributed by atoms with Crippen LogP contribution in [0.4, 0.5) is 5.95 Å². The molecule has 0 atom stereocenters. The number of ether oxygens (including phenoxy) is 1. The van der Waals surface area contributed by atoms with Crippen LogP contribution in [-0.4, -0.2) is 41.1 Å². The molecule has 0 radical (unpaired) electrons. The first-order chi connectivity index (χ1) is 10.2. The van der Waals surface area contributed by atoms with Gasteiger partial charge in [0, 0.05) is 26.0 Å². The second-order valence-electron chi connectivity index (χ2n) is 4.17. The zero-order valence-corrected chi connectivity index (χ0v) is 11.6. The molecule has 0 bridgehead atoms. The highest BCUT2D eigenvalue weighted by Crippen LogP contribution is 2.18. The number of hydrogen-bond acceptors (Lipinski definition) is 7. The van der Waals surface area contributed by atoms with Crippen LogP contribution in [0.2, 0.25) is 0 Å². The van der Waals surface area contributed by atoms with Gasteiger partial charge in [0.15, 0.2) is 5.75 Å². The Labute approximate surface area is 120 Å². The van der Waals surface area contributed by atoms with E-state index in [1.165, 1.54) is 0 Å². The zero-order chi connectivity index (χ0) is 14.7. The Balaban J connectivity index is 1.95. The smallest absolute Gasteiger partial charge is 0.328 e. The fourth-order valence-electron chi connectivity index (χ4n) is 1.68. The number of aryl methyl sites for hydroxylation is 1. The Morgan fingerprint density at radius 3 is 2.81 bits per heavy atom. The van der Waals surface area contributed by atoms with Gasteiger partial charge in [-0.25, -0.2) is 4.68 Å². The first-order valence-corrected chi connectivity index (χ1v) is 6.41. The van der Waals surface area contributed by atoms with E-state index in [0.29, 0.717) is 24.2 Å². The van der Waals surface area contributed by atoms with Crippen LogP contribution in [0.15, 0.2) is 30.9 Å². The van der Waals surface area contributed by atoms with Gasteiger partial charge in [-0.3, -0.25) is 4.68 Å². The van der Waals surface area contributed by atoms with Crippen molar-refractivity contribution in [2.75, 3.05) is 11.9 Å². The van der Waals surface area contributed by atoms with E-state index in [1.807, 2.05) is 6.92 Å². The monoisotopic (exact) mass is 286 g/mol. The lowest BCUT2D eigenvalue weighted by molar-refractivity contribution is 0.437. The summed E-state index contributed by atoms with van der Waals surface area (Å²) >= 11 is 0. The quantitative estimate of drug-likeness (QED) is 0.747. The van der Waals surface area contributed by atoms with Crippen LogP contribution in [0.5, 0.6) is 11.8 Å². The van der Waals surface area contributed by atoms with E-state index in [-0.39, 0.29) is 6.01 Å². The summed E-state index contributed by atoms with van der Waals surface area (Å²) in [5.41, 5.74) is 0. The third kappa shape index (κ3) is 2.96. The molecule has 21 heavy (non-hydrogen) atoms. The van der Waals surface area contributed by atoms with Crippen molar-refractivity contribution in [3.8, 4) is 17.7 Å². The number of hydrogen-bond donors (Lipinski definition) is 1. The van der Waals surface area contributed by atoms with Gasteiger partial charge in [0.05, 0.1) is 12.4 Å². The summed E-state index contributed by atoms with van der Waals surface area (Å²) in [6.07, 6.45) is 6.71. The predicted molar refractivity (Wildman–Crippen MR) is 74.4 cm³/mol. The van der Waals surface area contributed by atoms with Crippen molar-refractivity contribution in [3.63, 3.8) is 0 Å². The van der Waals surface area contributed by atoms with Crippen molar-refractivity contribution in [1.29, 1.82) is 0 Å². The molecule has 3 heterocycles. The fraction of sp³-hybridized carbons (Fsp3) is 0.250. The van der Waals surface area contributed by atoms with Crippen molar-refractivity contribution < 1.29 is 4.74 Å². The summed E-state index contributed by atoms with van der Waals surface area (Å²) < 4.78 is 8.77. The molecule has 3 rings (SSSR count). The molecule has 0 saturated heterocycles. The van der Waals surface area contributed by atoms with Gasteiger partial charge in [0.25, 0.3) is 5.95 Å². The molecule has 0 aliphatic heterocycles. The normalized spacial score (nSPS) is 10.6. The molecule has 9 heteroatoms. The third-order valence-corrected chi connectivity index (χ3v) is 2.54. The van der Waals surface area contributed by atoms with Crippen LogP contribution >= 0.6 is 0 Å². The zero-order valence-electron chi connectivity index (χ0n) is 11.6. The first-order valence-electron chi connectivity index (χ1n) is 6.41. The molecule has 3 aromatic rings. The molecule has 3 aromatic heterocycles. The fourth-order valence-corrected chi connectivity index (χ4v) is 1.68. The van der Waals surface area contributed by atoms with Crippen LogP contribution in [0.1, 0.15) is 6.92 Å². The van der Waals surface area contributed by atoms with Crippen LogP contribution in [-0.2, 0) is 7.05 Å². The van der Waals surface area contributed by atoms with Gasteiger partial charge in [0.1, 0.15) is 0 Å². The second-order valence-corrected chi connectivity index (χ2v) is 4.17. The summed E-state index contributed by atoms with van der Waals surface area (Å²) in [5.74, 6) is 1.36. The van der Waals surface area contributed by atoms with Crippen molar-refractivity contribution in [3.05, 3.63) is 30.9 Å². The summed E-state index contributed by atoms with van der Waals surface area (Å²) in [5, 5.41) is 11.2. The second kappa shape index (κ2) is 5.57. The highest BCUT2D eigenvalue weighted by atomic mass is 16.5. The van der Waals surface area contributed by atoms with Crippen LogP contribution in [0.25, 0.3) is 5.95 Å². The molecule has 9 nitrogen and oxygen atoms in total. The lowest BCUT2D eigenvalue weighted by atomic mass is 10.6. The lowest BCUT2D eigenvalue weighted by Crippen LogP contribution is -2.09. The minimum atomic E-state index is 0.180. The summed E-state index contributed by atoms with van der Waals surface area (Å²) in [6, 6.07) is 1.97. The maximum absolute atomic E-state index is 5.60. The molecular weight excluding hydrogens is 272 g/mol. The highest BCUT2D eigenvalue weighted by molar-refractivity contribution is 5.31. The predicted octanol–water partition coefficient (Wildman–Crippen LogP) is 1.01. The molecule has 0 amide bonds. The molecule has 1 N–H and O–H groups in total. The van der Waals surface area contributed by atoms with Crippen molar-refractivity contribution >= 4 is 5.95 Å². The molecule has 0 unspecified atom stereocenters. The van der Waals surface area contributed by atoms with Crippen molar-refractivity contribution in [2.24, 2.45) is 7.05 Å². The first kappa shape index (κ1) is 13.0. The van der Waals surface area contributed by atoms with Gasteiger partial charge >= 0.3 is 6.01 Å². The Hall–Kier alpha value is -2.97.